The lowest BCUT2D eigenvalue weighted by Gasteiger charge is -2.09. The molecular weight excluding hydrogens is 240 g/mol. The van der Waals surface area contributed by atoms with Crippen LogP contribution in [-0.4, -0.2) is 23.2 Å². The molecule has 1 aliphatic rings. The van der Waals surface area contributed by atoms with E-state index in [1.807, 2.05) is 19.1 Å². The fraction of sp³-hybridized carbons (Fsp3) is 0.333. The monoisotopic (exact) mass is 250 g/mol. The summed E-state index contributed by atoms with van der Waals surface area (Å²) in [5, 5.41) is 1.24. The molecule has 0 N–H and O–H groups in total. The normalized spacial score (nSPS) is 14.7. The molecule has 0 unspecified atom stereocenters. The Morgan fingerprint density at radius 1 is 1.12 bits per heavy atom. The van der Waals surface area contributed by atoms with E-state index in [0.717, 1.165) is 23.1 Å². The van der Waals surface area contributed by atoms with Crippen molar-refractivity contribution in [1.29, 1.82) is 0 Å². The van der Waals surface area contributed by atoms with Gasteiger partial charge in [-0.05, 0) is 13.0 Å². The third-order valence-electron chi connectivity index (χ3n) is 2.63. The quantitative estimate of drug-likeness (QED) is 0.675. The number of nitrogens with zero attached hydrogens (tertiary/aromatic N) is 2. The maximum atomic E-state index is 6.10. The highest BCUT2D eigenvalue weighted by molar-refractivity contribution is 6.34. The number of fused-ring (bicyclic) bond motifs is 2. The fourth-order valence-corrected chi connectivity index (χ4v) is 2.13. The van der Waals surface area contributed by atoms with Gasteiger partial charge < -0.3 is 9.47 Å². The molecule has 0 bridgehead atoms. The van der Waals surface area contributed by atoms with Crippen molar-refractivity contribution in [3.8, 4) is 11.5 Å². The molecular formula is C12H11ClN2O2. The lowest BCUT2D eigenvalue weighted by atomic mass is 10.2. The van der Waals surface area contributed by atoms with E-state index < -0.39 is 0 Å². The summed E-state index contributed by atoms with van der Waals surface area (Å²) in [7, 11) is 0. The average molecular weight is 251 g/mol. The maximum absolute atomic E-state index is 6.10. The molecule has 0 saturated carbocycles. The summed E-state index contributed by atoms with van der Waals surface area (Å²) < 4.78 is 11.2. The smallest absolute Gasteiger partial charge is 0.163 e. The second-order valence-corrected chi connectivity index (χ2v) is 4.29. The largest absolute Gasteiger partial charge is 0.490 e. The van der Waals surface area contributed by atoms with Crippen molar-refractivity contribution >= 4 is 22.5 Å². The van der Waals surface area contributed by atoms with Crippen LogP contribution >= 0.6 is 11.6 Å². The molecule has 17 heavy (non-hydrogen) atoms. The van der Waals surface area contributed by atoms with Crippen molar-refractivity contribution in [1.82, 2.24) is 9.97 Å². The molecule has 0 saturated heterocycles. The molecule has 1 aromatic heterocycles. The number of aryl methyl sites for hydroxylation is 1. The molecule has 0 radical (unpaired) electrons. The van der Waals surface area contributed by atoms with Crippen LogP contribution in [0.1, 0.15) is 12.2 Å². The number of hydrogen-bond acceptors (Lipinski definition) is 4. The predicted octanol–water partition coefficient (Wildman–Crippen LogP) is 2.75. The van der Waals surface area contributed by atoms with Crippen LogP contribution in [0.2, 0.25) is 5.15 Å². The van der Waals surface area contributed by atoms with Crippen LogP contribution < -0.4 is 9.47 Å². The first-order valence-electron chi connectivity index (χ1n) is 5.47. The molecule has 0 spiro atoms. The van der Waals surface area contributed by atoms with E-state index in [-0.39, 0.29) is 0 Å². The first-order valence-corrected chi connectivity index (χ1v) is 5.85. The summed E-state index contributed by atoms with van der Waals surface area (Å²) >= 11 is 6.10. The topological polar surface area (TPSA) is 44.2 Å². The van der Waals surface area contributed by atoms with Gasteiger partial charge in [-0.1, -0.05) is 11.6 Å². The van der Waals surface area contributed by atoms with Crippen LogP contribution in [0.3, 0.4) is 0 Å². The average Bonchev–Trinajstić information content (AvgIpc) is 2.51. The third-order valence-corrected chi connectivity index (χ3v) is 2.92. The highest BCUT2D eigenvalue weighted by Gasteiger charge is 2.14. The summed E-state index contributed by atoms with van der Waals surface area (Å²) in [6.07, 6.45) is 0.878. The molecule has 2 aromatic rings. The second kappa shape index (κ2) is 4.04. The van der Waals surface area contributed by atoms with E-state index in [2.05, 4.69) is 9.97 Å². The van der Waals surface area contributed by atoms with Gasteiger partial charge in [0.05, 0.1) is 18.7 Å². The minimum Gasteiger partial charge on any atom is -0.490 e. The van der Waals surface area contributed by atoms with Gasteiger partial charge in [0, 0.05) is 17.9 Å². The molecule has 3 rings (SSSR count). The minimum absolute atomic E-state index is 0.447. The number of rotatable bonds is 0. The van der Waals surface area contributed by atoms with Crippen LogP contribution in [0, 0.1) is 6.92 Å². The SMILES string of the molecule is Cc1nc(Cl)c2cc3c(cc2n1)OCCCO3. The zero-order valence-electron chi connectivity index (χ0n) is 9.36. The van der Waals surface area contributed by atoms with Crippen molar-refractivity contribution in [3.63, 3.8) is 0 Å². The summed E-state index contributed by atoms with van der Waals surface area (Å²) in [5.74, 6) is 2.09. The molecule has 4 nitrogen and oxygen atoms in total. The highest BCUT2D eigenvalue weighted by Crippen LogP contribution is 2.35. The van der Waals surface area contributed by atoms with Crippen molar-refractivity contribution in [2.75, 3.05) is 13.2 Å². The Morgan fingerprint density at radius 3 is 2.59 bits per heavy atom. The van der Waals surface area contributed by atoms with Gasteiger partial charge in [0.25, 0.3) is 0 Å². The minimum atomic E-state index is 0.447. The molecule has 0 atom stereocenters. The Morgan fingerprint density at radius 2 is 1.82 bits per heavy atom. The zero-order chi connectivity index (χ0) is 11.8. The van der Waals surface area contributed by atoms with Gasteiger partial charge in [0.15, 0.2) is 11.5 Å². The lowest BCUT2D eigenvalue weighted by molar-refractivity contribution is 0.297. The number of ether oxygens (including phenoxy) is 2. The van der Waals surface area contributed by atoms with E-state index in [0.29, 0.717) is 29.9 Å². The number of hydrogen-bond donors (Lipinski definition) is 0. The van der Waals surface area contributed by atoms with Crippen molar-refractivity contribution < 1.29 is 9.47 Å². The summed E-state index contributed by atoms with van der Waals surface area (Å²) in [6, 6.07) is 3.70. The first-order chi connectivity index (χ1) is 8.24. The molecule has 0 amide bonds. The van der Waals surface area contributed by atoms with Crippen LogP contribution in [0.5, 0.6) is 11.5 Å². The van der Waals surface area contributed by atoms with Crippen LogP contribution in [0.25, 0.3) is 10.9 Å². The van der Waals surface area contributed by atoms with Crippen LogP contribution in [-0.2, 0) is 0 Å². The number of halogens is 1. The lowest BCUT2D eigenvalue weighted by Crippen LogP contribution is -1.97. The van der Waals surface area contributed by atoms with Gasteiger partial charge in [-0.3, -0.25) is 0 Å². The second-order valence-electron chi connectivity index (χ2n) is 3.93. The summed E-state index contributed by atoms with van der Waals surface area (Å²) in [4.78, 5) is 8.48. The van der Waals surface area contributed by atoms with Gasteiger partial charge in [-0.15, -0.1) is 0 Å². The standard InChI is InChI=1S/C12H11ClN2O2/c1-7-14-9-6-11-10(16-3-2-4-17-11)5-8(9)12(13)15-7/h5-6H,2-4H2,1H3. The summed E-state index contributed by atoms with van der Waals surface area (Å²) in [5.41, 5.74) is 0.784. The highest BCUT2D eigenvalue weighted by atomic mass is 35.5. The van der Waals surface area contributed by atoms with Crippen molar-refractivity contribution in [2.45, 2.75) is 13.3 Å². The molecule has 1 aliphatic heterocycles. The maximum Gasteiger partial charge on any atom is 0.163 e. The van der Waals surface area contributed by atoms with Crippen molar-refractivity contribution in [2.24, 2.45) is 0 Å². The molecule has 0 fully saturated rings. The fourth-order valence-electron chi connectivity index (χ4n) is 1.86. The van der Waals surface area contributed by atoms with Crippen LogP contribution in [0.4, 0.5) is 0 Å². The Balaban J connectivity index is 2.25. The predicted molar refractivity (Wildman–Crippen MR) is 64.9 cm³/mol. The summed E-state index contributed by atoms with van der Waals surface area (Å²) in [6.45, 7) is 3.13. The molecule has 1 aromatic carbocycles. The molecule has 0 aliphatic carbocycles. The first kappa shape index (κ1) is 10.6. The Bertz CT molecular complexity index is 586. The van der Waals surface area contributed by atoms with Crippen molar-refractivity contribution in [3.05, 3.63) is 23.1 Å². The van der Waals surface area contributed by atoms with E-state index in [1.165, 1.54) is 0 Å². The zero-order valence-corrected chi connectivity index (χ0v) is 10.1. The Labute approximate surface area is 104 Å². The van der Waals surface area contributed by atoms with E-state index >= 15 is 0 Å². The van der Waals surface area contributed by atoms with Gasteiger partial charge >= 0.3 is 0 Å². The number of aromatic nitrogens is 2. The molecule has 2 heterocycles. The van der Waals surface area contributed by atoms with Gasteiger partial charge in [0.2, 0.25) is 0 Å². The van der Waals surface area contributed by atoms with Crippen LogP contribution in [0.15, 0.2) is 12.1 Å². The van der Waals surface area contributed by atoms with E-state index in [1.54, 1.807) is 0 Å². The third kappa shape index (κ3) is 1.89. The Kier molecular flexibility index (Phi) is 2.52. The molecule has 5 heteroatoms. The Hall–Kier alpha value is -1.55. The van der Waals surface area contributed by atoms with Gasteiger partial charge in [0.1, 0.15) is 11.0 Å². The van der Waals surface area contributed by atoms with E-state index in [9.17, 15) is 0 Å². The van der Waals surface area contributed by atoms with E-state index in [4.69, 9.17) is 21.1 Å². The van der Waals surface area contributed by atoms with Gasteiger partial charge in [-0.25, -0.2) is 9.97 Å². The number of benzene rings is 1. The van der Waals surface area contributed by atoms with Gasteiger partial charge in [-0.2, -0.15) is 0 Å². The molecule has 88 valence electrons.